The molecule has 0 aliphatic rings. The SMILES string of the molecule is CC(C)c1ccc2cc3c(cc2c1)c1cc([Si](C)(C)C)cc2c4cc5cc(C(C)C)ccc5cc4n3c12. The number of rotatable bonds is 3. The fourth-order valence-corrected chi connectivity index (χ4v) is 7.37. The normalized spacial score (nSPS) is 13.2. The average molecular weight is 498 g/mol. The highest BCUT2D eigenvalue weighted by molar-refractivity contribution is 6.89. The standard InChI is InChI=1S/C35H35NSi/c1-20(2)22-8-10-24-16-33-29(14-26(24)12-22)31-18-28(37(5,6)7)19-32-30-15-27-13-23(21(3)4)9-11-25(27)17-34(30)36(33)35(31)32/h8-21H,1-7H3. The lowest BCUT2D eigenvalue weighted by atomic mass is 9.97. The zero-order valence-electron chi connectivity index (χ0n) is 23.0. The zero-order valence-corrected chi connectivity index (χ0v) is 24.0. The third-order valence-corrected chi connectivity index (χ3v) is 10.6. The Balaban J connectivity index is 1.68. The monoisotopic (exact) mass is 497 g/mol. The fraction of sp³-hybridized carbons (Fsp3) is 0.257. The predicted molar refractivity (Wildman–Crippen MR) is 167 cm³/mol. The second kappa shape index (κ2) is 7.58. The number of benzene rings is 5. The van der Waals surface area contributed by atoms with Gasteiger partial charge in [-0.2, -0.15) is 0 Å². The molecule has 2 aromatic heterocycles. The van der Waals surface area contributed by atoms with Crippen molar-refractivity contribution in [2.75, 3.05) is 0 Å². The van der Waals surface area contributed by atoms with E-state index in [0.717, 1.165) is 0 Å². The minimum Gasteiger partial charge on any atom is -0.308 e. The summed E-state index contributed by atoms with van der Waals surface area (Å²) in [5.41, 5.74) is 6.84. The smallest absolute Gasteiger partial charge is 0.0776 e. The van der Waals surface area contributed by atoms with Gasteiger partial charge in [0.25, 0.3) is 0 Å². The van der Waals surface area contributed by atoms with E-state index in [0.29, 0.717) is 11.8 Å². The van der Waals surface area contributed by atoms with Crippen LogP contribution in [0.1, 0.15) is 50.7 Å². The van der Waals surface area contributed by atoms with Gasteiger partial charge in [0.15, 0.2) is 0 Å². The van der Waals surface area contributed by atoms with Gasteiger partial charge in [-0.3, -0.25) is 0 Å². The first-order chi connectivity index (χ1) is 17.6. The molecule has 0 radical (unpaired) electrons. The lowest BCUT2D eigenvalue weighted by molar-refractivity contribution is 0.869. The topological polar surface area (TPSA) is 4.41 Å². The van der Waals surface area contributed by atoms with E-state index in [2.05, 4.69) is 125 Å². The van der Waals surface area contributed by atoms with Crippen LogP contribution in [0.5, 0.6) is 0 Å². The minimum atomic E-state index is -1.52. The summed E-state index contributed by atoms with van der Waals surface area (Å²) in [7, 11) is -1.52. The van der Waals surface area contributed by atoms with E-state index in [-0.39, 0.29) is 0 Å². The molecule has 5 aromatic carbocycles. The van der Waals surface area contributed by atoms with Crippen molar-refractivity contribution >= 4 is 72.9 Å². The highest BCUT2D eigenvalue weighted by Gasteiger charge is 2.24. The quantitative estimate of drug-likeness (QED) is 0.214. The largest absolute Gasteiger partial charge is 0.308 e. The van der Waals surface area contributed by atoms with Crippen molar-refractivity contribution in [1.29, 1.82) is 0 Å². The zero-order chi connectivity index (χ0) is 25.8. The van der Waals surface area contributed by atoms with Crippen LogP contribution >= 0.6 is 0 Å². The molecule has 7 rings (SSSR count). The molecule has 1 nitrogen and oxygen atoms in total. The molecular formula is C35H35NSi. The number of aromatic nitrogens is 1. The van der Waals surface area contributed by atoms with Gasteiger partial charge in [-0.25, -0.2) is 0 Å². The summed E-state index contributed by atoms with van der Waals surface area (Å²) in [5, 5.41) is 12.4. The number of hydrogen-bond acceptors (Lipinski definition) is 0. The van der Waals surface area contributed by atoms with Crippen molar-refractivity contribution in [3.8, 4) is 0 Å². The second-order valence-electron chi connectivity index (χ2n) is 12.8. The van der Waals surface area contributed by atoms with Gasteiger partial charge in [0, 0.05) is 21.5 Å². The van der Waals surface area contributed by atoms with Crippen molar-refractivity contribution in [3.63, 3.8) is 0 Å². The average Bonchev–Trinajstić information content (AvgIpc) is 3.35. The van der Waals surface area contributed by atoms with Crippen LogP contribution in [0.2, 0.25) is 19.6 Å². The maximum Gasteiger partial charge on any atom is 0.0776 e. The van der Waals surface area contributed by atoms with Crippen LogP contribution < -0.4 is 5.19 Å². The second-order valence-corrected chi connectivity index (χ2v) is 17.8. The Labute approximate surface area is 220 Å². The van der Waals surface area contributed by atoms with Gasteiger partial charge in [0.05, 0.1) is 24.6 Å². The lowest BCUT2D eigenvalue weighted by Gasteiger charge is -2.17. The molecule has 0 saturated heterocycles. The van der Waals surface area contributed by atoms with E-state index >= 15 is 0 Å². The van der Waals surface area contributed by atoms with Crippen LogP contribution in [-0.2, 0) is 0 Å². The van der Waals surface area contributed by atoms with E-state index < -0.39 is 8.07 Å². The van der Waals surface area contributed by atoms with Crippen molar-refractivity contribution in [2.45, 2.75) is 59.2 Å². The molecule has 0 saturated carbocycles. The van der Waals surface area contributed by atoms with Gasteiger partial charge >= 0.3 is 0 Å². The Morgan fingerprint density at radius 1 is 0.514 bits per heavy atom. The molecule has 0 atom stereocenters. The molecule has 0 spiro atoms. The Morgan fingerprint density at radius 3 is 1.38 bits per heavy atom. The molecule has 0 aliphatic heterocycles. The number of fused-ring (bicyclic) bond motifs is 8. The summed E-state index contributed by atoms with van der Waals surface area (Å²) in [5.74, 6) is 1.06. The molecule has 2 heteroatoms. The van der Waals surface area contributed by atoms with Gasteiger partial charge in [-0.1, -0.05) is 101 Å². The molecule has 0 N–H and O–H groups in total. The summed E-state index contributed by atoms with van der Waals surface area (Å²) in [6, 6.07) is 28.8. The fourth-order valence-electron chi connectivity index (χ4n) is 6.22. The third kappa shape index (κ3) is 3.28. The molecular weight excluding hydrogens is 462 g/mol. The Kier molecular flexibility index (Phi) is 4.67. The van der Waals surface area contributed by atoms with Crippen molar-refractivity contribution < 1.29 is 0 Å². The van der Waals surface area contributed by atoms with E-state index in [1.54, 1.807) is 0 Å². The first-order valence-electron chi connectivity index (χ1n) is 13.7. The van der Waals surface area contributed by atoms with Crippen LogP contribution in [0, 0.1) is 0 Å². The Bertz CT molecular complexity index is 1880. The molecule has 0 fully saturated rings. The molecule has 0 unspecified atom stereocenters. The molecule has 184 valence electrons. The maximum absolute atomic E-state index is 2.55. The Hall–Kier alpha value is -3.36. The van der Waals surface area contributed by atoms with E-state index in [1.165, 1.54) is 76.0 Å². The van der Waals surface area contributed by atoms with Crippen LogP contribution in [0.25, 0.3) is 59.6 Å². The van der Waals surface area contributed by atoms with E-state index in [4.69, 9.17) is 0 Å². The molecule has 7 aromatic rings. The van der Waals surface area contributed by atoms with Crippen LogP contribution in [0.4, 0.5) is 0 Å². The lowest BCUT2D eigenvalue weighted by Crippen LogP contribution is -2.37. The summed E-state index contributed by atoms with van der Waals surface area (Å²) in [6.45, 7) is 16.5. The number of nitrogens with zero attached hydrogens (tertiary/aromatic N) is 1. The number of hydrogen-bond donors (Lipinski definition) is 0. The van der Waals surface area contributed by atoms with Gasteiger partial charge in [-0.05, 0) is 68.8 Å². The highest BCUT2D eigenvalue weighted by Crippen LogP contribution is 2.42. The van der Waals surface area contributed by atoms with Crippen LogP contribution in [0.15, 0.2) is 72.8 Å². The predicted octanol–water partition coefficient (Wildman–Crippen LogP) is 9.94. The highest BCUT2D eigenvalue weighted by atomic mass is 28.3. The third-order valence-electron chi connectivity index (χ3n) is 8.55. The van der Waals surface area contributed by atoms with E-state index in [1.807, 2.05) is 0 Å². The molecule has 37 heavy (non-hydrogen) atoms. The first kappa shape index (κ1) is 22.8. The van der Waals surface area contributed by atoms with Crippen LogP contribution in [0.3, 0.4) is 0 Å². The van der Waals surface area contributed by atoms with Gasteiger partial charge in [0.1, 0.15) is 0 Å². The van der Waals surface area contributed by atoms with Crippen molar-refractivity contribution in [1.82, 2.24) is 4.40 Å². The minimum absolute atomic E-state index is 0.529. The maximum atomic E-state index is 2.55. The Morgan fingerprint density at radius 2 is 0.973 bits per heavy atom. The van der Waals surface area contributed by atoms with Gasteiger partial charge in [0.2, 0.25) is 0 Å². The summed E-state index contributed by atoms with van der Waals surface area (Å²) in [6.07, 6.45) is 0. The van der Waals surface area contributed by atoms with Crippen LogP contribution in [-0.4, -0.2) is 12.5 Å². The van der Waals surface area contributed by atoms with E-state index in [9.17, 15) is 0 Å². The molecule has 0 amide bonds. The summed E-state index contributed by atoms with van der Waals surface area (Å²) < 4.78 is 2.55. The van der Waals surface area contributed by atoms with Gasteiger partial charge < -0.3 is 4.40 Å². The summed E-state index contributed by atoms with van der Waals surface area (Å²) in [4.78, 5) is 0. The molecule has 0 aliphatic carbocycles. The van der Waals surface area contributed by atoms with Crippen molar-refractivity contribution in [3.05, 3.63) is 83.9 Å². The summed E-state index contributed by atoms with van der Waals surface area (Å²) >= 11 is 0. The van der Waals surface area contributed by atoms with Crippen molar-refractivity contribution in [2.24, 2.45) is 0 Å². The van der Waals surface area contributed by atoms with Gasteiger partial charge in [-0.15, -0.1) is 0 Å². The molecule has 0 bridgehead atoms. The first-order valence-corrected chi connectivity index (χ1v) is 17.2. The molecule has 2 heterocycles.